The number of ether oxygens (including phenoxy) is 2. The fourth-order valence-electron chi connectivity index (χ4n) is 2.41. The highest BCUT2D eigenvalue weighted by atomic mass is 35.5. The number of benzene rings is 2. The first kappa shape index (κ1) is 19.8. The van der Waals surface area contributed by atoms with Gasteiger partial charge in [-0.3, -0.25) is 4.79 Å². The minimum atomic E-state index is -0.416. The molecule has 6 nitrogen and oxygen atoms in total. The molecular weight excluding hydrogens is 403 g/mol. The Morgan fingerprint density at radius 1 is 1.04 bits per heavy atom. The van der Waals surface area contributed by atoms with Gasteiger partial charge in [-0.1, -0.05) is 23.2 Å². The van der Waals surface area contributed by atoms with E-state index >= 15 is 0 Å². The van der Waals surface area contributed by atoms with Crippen LogP contribution in [0.4, 0.5) is 0 Å². The second-order valence-corrected chi connectivity index (χ2v) is 6.47. The van der Waals surface area contributed by atoms with Crippen molar-refractivity contribution in [1.82, 2.24) is 5.43 Å². The second-order valence-electron chi connectivity index (χ2n) is 5.63. The molecule has 0 bridgehead atoms. The van der Waals surface area contributed by atoms with Gasteiger partial charge in [-0.2, -0.15) is 5.10 Å². The van der Waals surface area contributed by atoms with Gasteiger partial charge in [0, 0.05) is 22.2 Å². The van der Waals surface area contributed by atoms with E-state index in [2.05, 4.69) is 10.5 Å². The van der Waals surface area contributed by atoms with E-state index in [-0.39, 0.29) is 0 Å². The van der Waals surface area contributed by atoms with Crippen LogP contribution in [0.2, 0.25) is 10.0 Å². The van der Waals surface area contributed by atoms with Crippen molar-refractivity contribution in [2.45, 2.75) is 0 Å². The molecule has 0 radical (unpaired) electrons. The minimum absolute atomic E-state index is 0.349. The Bertz CT molecular complexity index is 1010. The molecular formula is C20H16Cl2N2O4. The van der Waals surface area contributed by atoms with E-state index in [0.29, 0.717) is 44.2 Å². The van der Waals surface area contributed by atoms with Crippen LogP contribution in [0.1, 0.15) is 16.1 Å². The minimum Gasteiger partial charge on any atom is -0.497 e. The van der Waals surface area contributed by atoms with Crippen LogP contribution in [0.5, 0.6) is 11.5 Å². The third kappa shape index (κ3) is 4.65. The Morgan fingerprint density at radius 2 is 1.75 bits per heavy atom. The van der Waals surface area contributed by atoms with Gasteiger partial charge in [-0.25, -0.2) is 5.43 Å². The summed E-state index contributed by atoms with van der Waals surface area (Å²) in [6.45, 7) is 0. The summed E-state index contributed by atoms with van der Waals surface area (Å²) < 4.78 is 16.0. The van der Waals surface area contributed by atoms with E-state index in [0.717, 1.165) is 0 Å². The molecule has 1 N–H and O–H groups in total. The van der Waals surface area contributed by atoms with Gasteiger partial charge in [-0.15, -0.1) is 0 Å². The maximum Gasteiger partial charge on any atom is 0.271 e. The molecule has 0 unspecified atom stereocenters. The lowest BCUT2D eigenvalue weighted by atomic mass is 10.2. The first-order chi connectivity index (χ1) is 13.5. The van der Waals surface area contributed by atoms with Gasteiger partial charge in [0.2, 0.25) is 0 Å². The zero-order valence-corrected chi connectivity index (χ0v) is 16.5. The smallest absolute Gasteiger partial charge is 0.271 e. The fraction of sp³-hybridized carbons (Fsp3) is 0.100. The number of carbonyl (C=O) groups excluding carboxylic acids is 1. The van der Waals surface area contributed by atoms with E-state index in [1.54, 1.807) is 48.5 Å². The largest absolute Gasteiger partial charge is 0.497 e. The number of methoxy groups -OCH3 is 2. The standard InChI is InChI=1S/C20H16Cl2N2O4/c1-26-15-7-12(8-16(10-15)27-2)20(25)24-23-11-14-4-6-19(28-14)17-5-3-13(21)9-18(17)22/h3-11H,1-2H3,(H,24,25). The van der Waals surface area contributed by atoms with Gasteiger partial charge in [-0.05, 0) is 42.5 Å². The van der Waals surface area contributed by atoms with Crippen molar-refractivity contribution >= 4 is 35.3 Å². The Morgan fingerprint density at radius 3 is 2.39 bits per heavy atom. The third-order valence-corrected chi connectivity index (χ3v) is 4.34. The Hall–Kier alpha value is -2.96. The predicted octanol–water partition coefficient (Wildman–Crippen LogP) is 5.03. The van der Waals surface area contributed by atoms with Gasteiger partial charge in [0.05, 0.1) is 25.5 Å². The van der Waals surface area contributed by atoms with Crippen LogP contribution in [-0.2, 0) is 0 Å². The highest BCUT2D eigenvalue weighted by Gasteiger charge is 2.10. The van der Waals surface area contributed by atoms with E-state index in [1.807, 2.05) is 0 Å². The van der Waals surface area contributed by atoms with Crippen LogP contribution >= 0.6 is 23.2 Å². The number of hydrogen-bond donors (Lipinski definition) is 1. The number of halogens is 2. The molecule has 144 valence electrons. The monoisotopic (exact) mass is 418 g/mol. The van der Waals surface area contributed by atoms with Crippen LogP contribution in [0.15, 0.2) is 58.0 Å². The van der Waals surface area contributed by atoms with Gasteiger partial charge >= 0.3 is 0 Å². The highest BCUT2D eigenvalue weighted by molar-refractivity contribution is 6.36. The summed E-state index contributed by atoms with van der Waals surface area (Å²) >= 11 is 12.1. The summed E-state index contributed by atoms with van der Waals surface area (Å²) in [4.78, 5) is 12.3. The number of hydrazone groups is 1. The normalized spacial score (nSPS) is 10.9. The molecule has 8 heteroatoms. The van der Waals surface area contributed by atoms with E-state index < -0.39 is 5.91 Å². The molecule has 1 heterocycles. The fourth-order valence-corrected chi connectivity index (χ4v) is 2.92. The zero-order chi connectivity index (χ0) is 20.1. The summed E-state index contributed by atoms with van der Waals surface area (Å²) in [7, 11) is 3.02. The van der Waals surface area contributed by atoms with Gasteiger partial charge < -0.3 is 13.9 Å². The maximum absolute atomic E-state index is 12.3. The molecule has 1 aromatic heterocycles. The molecule has 0 saturated heterocycles. The van der Waals surface area contributed by atoms with Crippen LogP contribution in [-0.4, -0.2) is 26.3 Å². The van der Waals surface area contributed by atoms with Gasteiger partial charge in [0.1, 0.15) is 23.0 Å². The van der Waals surface area contributed by atoms with Crippen molar-refractivity contribution < 1.29 is 18.7 Å². The molecule has 0 aliphatic rings. The molecule has 3 aromatic rings. The van der Waals surface area contributed by atoms with Crippen LogP contribution in [0, 0.1) is 0 Å². The summed E-state index contributed by atoms with van der Waals surface area (Å²) in [6, 6.07) is 13.4. The Balaban J connectivity index is 1.70. The molecule has 0 aliphatic heterocycles. The number of hydrogen-bond acceptors (Lipinski definition) is 5. The maximum atomic E-state index is 12.3. The van der Waals surface area contributed by atoms with Gasteiger partial charge in [0.15, 0.2) is 0 Å². The number of furan rings is 1. The van der Waals surface area contributed by atoms with Crippen molar-refractivity contribution in [3.05, 3.63) is 69.9 Å². The van der Waals surface area contributed by atoms with Crippen LogP contribution in [0.25, 0.3) is 11.3 Å². The summed E-state index contributed by atoms with van der Waals surface area (Å²) in [5.41, 5.74) is 3.49. The lowest BCUT2D eigenvalue weighted by Gasteiger charge is -2.07. The van der Waals surface area contributed by atoms with Crippen molar-refractivity contribution in [1.29, 1.82) is 0 Å². The number of rotatable bonds is 6. The lowest BCUT2D eigenvalue weighted by Crippen LogP contribution is -2.17. The Kier molecular flexibility index (Phi) is 6.23. The molecule has 0 saturated carbocycles. The van der Waals surface area contributed by atoms with Gasteiger partial charge in [0.25, 0.3) is 5.91 Å². The average molecular weight is 419 g/mol. The predicted molar refractivity (Wildman–Crippen MR) is 109 cm³/mol. The SMILES string of the molecule is COc1cc(OC)cc(C(=O)NN=Cc2ccc(-c3ccc(Cl)cc3Cl)o2)c1. The summed E-state index contributed by atoms with van der Waals surface area (Å²) in [5.74, 6) is 1.60. The van der Waals surface area contributed by atoms with Crippen molar-refractivity contribution in [2.24, 2.45) is 5.10 Å². The lowest BCUT2D eigenvalue weighted by molar-refractivity contribution is 0.0954. The molecule has 0 atom stereocenters. The van der Waals surface area contributed by atoms with E-state index in [9.17, 15) is 4.79 Å². The number of nitrogens with one attached hydrogen (secondary N) is 1. The molecule has 0 fully saturated rings. The van der Waals surface area contributed by atoms with E-state index in [4.69, 9.17) is 37.1 Å². The summed E-state index contributed by atoms with van der Waals surface area (Å²) in [6.07, 6.45) is 1.39. The first-order valence-electron chi connectivity index (χ1n) is 8.12. The molecule has 0 spiro atoms. The van der Waals surface area contributed by atoms with Crippen LogP contribution < -0.4 is 14.9 Å². The highest BCUT2D eigenvalue weighted by Crippen LogP contribution is 2.31. The number of carbonyl (C=O) groups is 1. The zero-order valence-electron chi connectivity index (χ0n) is 15.0. The number of amides is 1. The average Bonchev–Trinajstić information content (AvgIpc) is 3.15. The van der Waals surface area contributed by atoms with E-state index in [1.165, 1.54) is 20.4 Å². The Labute approximate surface area is 171 Å². The van der Waals surface area contributed by atoms with Crippen LogP contribution in [0.3, 0.4) is 0 Å². The number of nitrogens with zero attached hydrogens (tertiary/aromatic N) is 1. The van der Waals surface area contributed by atoms with Crippen molar-refractivity contribution in [2.75, 3.05) is 14.2 Å². The third-order valence-electron chi connectivity index (χ3n) is 3.79. The quantitative estimate of drug-likeness (QED) is 0.449. The topological polar surface area (TPSA) is 73.1 Å². The molecule has 3 rings (SSSR count). The second kappa shape index (κ2) is 8.82. The molecule has 28 heavy (non-hydrogen) atoms. The molecule has 2 aromatic carbocycles. The molecule has 0 aliphatic carbocycles. The molecule has 1 amide bonds. The van der Waals surface area contributed by atoms with Crippen molar-refractivity contribution in [3.8, 4) is 22.8 Å². The van der Waals surface area contributed by atoms with Crippen molar-refractivity contribution in [3.63, 3.8) is 0 Å². The summed E-state index contributed by atoms with van der Waals surface area (Å²) in [5, 5.41) is 4.94. The first-order valence-corrected chi connectivity index (χ1v) is 8.87.